The highest BCUT2D eigenvalue weighted by molar-refractivity contribution is 5.92. The van der Waals surface area contributed by atoms with Gasteiger partial charge in [0.1, 0.15) is 0 Å². The molecule has 2 amide bonds. The minimum atomic E-state index is -0.205. The summed E-state index contributed by atoms with van der Waals surface area (Å²) in [6, 6.07) is 17.5. The lowest BCUT2D eigenvalue weighted by atomic mass is 10.2. The number of aromatic nitrogens is 1. The summed E-state index contributed by atoms with van der Waals surface area (Å²) in [5, 5.41) is 10.1. The van der Waals surface area contributed by atoms with Crippen LogP contribution in [0.2, 0.25) is 0 Å². The van der Waals surface area contributed by atoms with E-state index >= 15 is 0 Å². The molecule has 5 heteroatoms. The van der Waals surface area contributed by atoms with Gasteiger partial charge in [0, 0.05) is 29.0 Å². The fraction of sp³-hybridized carbons (Fsp3) is 0.158. The van der Waals surface area contributed by atoms with E-state index < -0.39 is 0 Å². The van der Waals surface area contributed by atoms with E-state index in [9.17, 15) is 4.79 Å². The quantitative estimate of drug-likeness (QED) is 0.662. The number of pyridine rings is 1. The van der Waals surface area contributed by atoms with E-state index in [1.165, 1.54) is 0 Å². The molecule has 0 aliphatic rings. The van der Waals surface area contributed by atoms with E-state index in [0.29, 0.717) is 0 Å². The number of fused-ring (bicyclic) bond motifs is 1. The summed E-state index contributed by atoms with van der Waals surface area (Å²) in [6.07, 6.45) is 1.79. The largest absolute Gasteiger partial charge is 0.354 e. The minimum Gasteiger partial charge on any atom is -0.354 e. The van der Waals surface area contributed by atoms with E-state index in [0.717, 1.165) is 28.0 Å². The number of hydrogen-bond donors (Lipinski definition) is 3. The highest BCUT2D eigenvalue weighted by Gasteiger charge is 2.04. The number of hydrogen-bond acceptors (Lipinski definition) is 3. The van der Waals surface area contributed by atoms with Gasteiger partial charge in [-0.25, -0.2) is 4.79 Å². The number of urea groups is 1. The third kappa shape index (κ3) is 3.81. The van der Waals surface area contributed by atoms with Crippen LogP contribution in [0.3, 0.4) is 0 Å². The lowest BCUT2D eigenvalue weighted by Crippen LogP contribution is -2.34. The maximum absolute atomic E-state index is 11.7. The molecule has 0 aliphatic carbocycles. The Labute approximate surface area is 141 Å². The smallest absolute Gasteiger partial charge is 0.319 e. The molecule has 0 aliphatic heterocycles. The van der Waals surface area contributed by atoms with Gasteiger partial charge in [-0.05, 0) is 50.2 Å². The monoisotopic (exact) mass is 320 g/mol. The van der Waals surface area contributed by atoms with Crippen molar-refractivity contribution in [2.75, 3.05) is 10.6 Å². The van der Waals surface area contributed by atoms with Crippen LogP contribution in [-0.2, 0) is 0 Å². The Morgan fingerprint density at radius 2 is 1.67 bits per heavy atom. The van der Waals surface area contributed by atoms with E-state index in [1.807, 2.05) is 68.4 Å². The van der Waals surface area contributed by atoms with Gasteiger partial charge in [0.05, 0.1) is 11.2 Å². The molecular formula is C19H20N4O. The first-order valence-electron chi connectivity index (χ1n) is 7.90. The van der Waals surface area contributed by atoms with Crippen molar-refractivity contribution in [3.8, 4) is 0 Å². The Morgan fingerprint density at radius 3 is 2.42 bits per heavy atom. The van der Waals surface area contributed by atoms with Crippen LogP contribution in [0.5, 0.6) is 0 Å². The number of benzene rings is 2. The maximum atomic E-state index is 11.7. The van der Waals surface area contributed by atoms with Gasteiger partial charge in [-0.15, -0.1) is 0 Å². The number of nitrogens with zero attached hydrogens (tertiary/aromatic N) is 1. The first-order valence-corrected chi connectivity index (χ1v) is 7.90. The molecule has 0 saturated carbocycles. The van der Waals surface area contributed by atoms with Crippen molar-refractivity contribution < 1.29 is 4.79 Å². The Bertz CT molecular complexity index is 838. The summed E-state index contributed by atoms with van der Waals surface area (Å²) in [5.74, 6) is 0. The molecule has 5 nitrogen and oxygen atoms in total. The van der Waals surface area contributed by atoms with E-state index in [-0.39, 0.29) is 12.1 Å². The van der Waals surface area contributed by atoms with Gasteiger partial charge in [0.15, 0.2) is 0 Å². The Morgan fingerprint density at radius 1 is 0.958 bits per heavy atom. The Balaban J connectivity index is 1.73. The number of anilines is 3. The SMILES string of the molecule is CC(C)NC(=O)Nc1ccc(Nc2cccc3cccnc23)cc1. The van der Waals surface area contributed by atoms with Crippen LogP contribution in [-0.4, -0.2) is 17.1 Å². The molecule has 0 saturated heterocycles. The number of nitrogens with one attached hydrogen (secondary N) is 3. The van der Waals surface area contributed by atoms with E-state index in [4.69, 9.17) is 0 Å². The average Bonchev–Trinajstić information content (AvgIpc) is 2.56. The summed E-state index contributed by atoms with van der Waals surface area (Å²) >= 11 is 0. The lowest BCUT2D eigenvalue weighted by Gasteiger charge is -2.12. The highest BCUT2D eigenvalue weighted by atomic mass is 16.2. The Kier molecular flexibility index (Phi) is 4.61. The van der Waals surface area contributed by atoms with Crippen LogP contribution in [0.4, 0.5) is 21.9 Å². The number of rotatable bonds is 4. The van der Waals surface area contributed by atoms with Gasteiger partial charge in [-0.3, -0.25) is 4.98 Å². The first kappa shape index (κ1) is 15.8. The van der Waals surface area contributed by atoms with Crippen molar-refractivity contribution in [1.29, 1.82) is 0 Å². The normalized spacial score (nSPS) is 10.6. The van der Waals surface area contributed by atoms with Crippen LogP contribution in [0.15, 0.2) is 60.8 Å². The summed E-state index contributed by atoms with van der Waals surface area (Å²) in [6.45, 7) is 3.84. The van der Waals surface area contributed by atoms with E-state index in [1.54, 1.807) is 6.20 Å². The molecule has 1 aromatic heterocycles. The second-order valence-electron chi connectivity index (χ2n) is 5.84. The van der Waals surface area contributed by atoms with E-state index in [2.05, 4.69) is 20.9 Å². The molecule has 3 N–H and O–H groups in total. The summed E-state index contributed by atoms with van der Waals surface area (Å²) in [4.78, 5) is 16.1. The minimum absolute atomic E-state index is 0.102. The molecule has 0 fully saturated rings. The zero-order valence-corrected chi connectivity index (χ0v) is 13.7. The number of carbonyl (C=O) groups is 1. The summed E-state index contributed by atoms with van der Waals surface area (Å²) in [7, 11) is 0. The van der Waals surface area contributed by atoms with Crippen LogP contribution in [0.1, 0.15) is 13.8 Å². The molecule has 122 valence electrons. The molecule has 0 spiro atoms. The maximum Gasteiger partial charge on any atom is 0.319 e. The van der Waals surface area contributed by atoms with Gasteiger partial charge in [-0.2, -0.15) is 0 Å². The second kappa shape index (κ2) is 7.00. The number of para-hydroxylation sites is 1. The number of carbonyl (C=O) groups excluding carboxylic acids is 1. The predicted molar refractivity (Wildman–Crippen MR) is 98.8 cm³/mol. The van der Waals surface area contributed by atoms with Gasteiger partial charge in [-0.1, -0.05) is 18.2 Å². The van der Waals surface area contributed by atoms with Gasteiger partial charge < -0.3 is 16.0 Å². The third-order valence-corrected chi connectivity index (χ3v) is 3.47. The zero-order chi connectivity index (χ0) is 16.9. The fourth-order valence-corrected chi connectivity index (χ4v) is 2.43. The molecule has 3 aromatic rings. The molecule has 0 atom stereocenters. The third-order valence-electron chi connectivity index (χ3n) is 3.47. The van der Waals surface area contributed by atoms with Crippen LogP contribution in [0, 0.1) is 0 Å². The van der Waals surface area contributed by atoms with Crippen molar-refractivity contribution in [3.05, 3.63) is 60.8 Å². The van der Waals surface area contributed by atoms with Crippen LogP contribution < -0.4 is 16.0 Å². The van der Waals surface area contributed by atoms with Crippen molar-refractivity contribution in [1.82, 2.24) is 10.3 Å². The molecule has 3 rings (SSSR count). The molecule has 24 heavy (non-hydrogen) atoms. The first-order chi connectivity index (χ1) is 11.6. The summed E-state index contributed by atoms with van der Waals surface area (Å²) < 4.78 is 0. The molecular weight excluding hydrogens is 300 g/mol. The zero-order valence-electron chi connectivity index (χ0n) is 13.7. The van der Waals surface area contributed by atoms with Crippen molar-refractivity contribution in [2.24, 2.45) is 0 Å². The van der Waals surface area contributed by atoms with Crippen LogP contribution >= 0.6 is 0 Å². The van der Waals surface area contributed by atoms with Crippen molar-refractivity contribution >= 4 is 34.0 Å². The highest BCUT2D eigenvalue weighted by Crippen LogP contribution is 2.25. The topological polar surface area (TPSA) is 66.1 Å². The van der Waals surface area contributed by atoms with Crippen LogP contribution in [0.25, 0.3) is 10.9 Å². The number of amides is 2. The van der Waals surface area contributed by atoms with Crippen molar-refractivity contribution in [2.45, 2.75) is 19.9 Å². The molecule has 0 radical (unpaired) electrons. The second-order valence-corrected chi connectivity index (χ2v) is 5.84. The van der Waals surface area contributed by atoms with Gasteiger partial charge >= 0.3 is 6.03 Å². The molecule has 2 aromatic carbocycles. The lowest BCUT2D eigenvalue weighted by molar-refractivity contribution is 0.250. The predicted octanol–water partition coefficient (Wildman–Crippen LogP) is 4.51. The van der Waals surface area contributed by atoms with Gasteiger partial charge in [0.2, 0.25) is 0 Å². The molecule has 0 unspecified atom stereocenters. The van der Waals surface area contributed by atoms with Crippen molar-refractivity contribution in [3.63, 3.8) is 0 Å². The fourth-order valence-electron chi connectivity index (χ4n) is 2.43. The molecule has 1 heterocycles. The van der Waals surface area contributed by atoms with Gasteiger partial charge in [0.25, 0.3) is 0 Å². The summed E-state index contributed by atoms with van der Waals surface area (Å²) in [5.41, 5.74) is 3.56. The standard InChI is InChI=1S/C19H20N4O/c1-13(2)21-19(24)23-16-10-8-15(9-11-16)22-17-7-3-5-14-6-4-12-20-18(14)17/h3-13,22H,1-2H3,(H2,21,23,24). The Hall–Kier alpha value is -3.08. The molecule has 0 bridgehead atoms. The average molecular weight is 320 g/mol.